The molecule has 0 unspecified atom stereocenters. The van der Waals surface area contributed by atoms with Gasteiger partial charge in [-0.05, 0) is 37.0 Å². The van der Waals surface area contributed by atoms with E-state index in [4.69, 9.17) is 16.7 Å². The van der Waals surface area contributed by atoms with E-state index in [0.29, 0.717) is 29.8 Å². The van der Waals surface area contributed by atoms with Crippen LogP contribution in [0.4, 0.5) is 0 Å². The van der Waals surface area contributed by atoms with Crippen molar-refractivity contribution in [3.8, 4) is 0 Å². The van der Waals surface area contributed by atoms with E-state index in [0.717, 1.165) is 0 Å². The minimum atomic E-state index is -3.76. The first-order valence-corrected chi connectivity index (χ1v) is 6.77. The zero-order chi connectivity index (χ0) is 12.2. The quantitative estimate of drug-likeness (QED) is 0.820. The molecule has 0 heterocycles. The van der Waals surface area contributed by atoms with Gasteiger partial charge in [0.1, 0.15) is 0 Å². The number of aryl methyl sites for hydroxylation is 1. The smallest absolute Gasteiger partial charge is 0.237 e. The predicted molar refractivity (Wildman–Crippen MR) is 61.3 cm³/mol. The highest BCUT2D eigenvalue weighted by Crippen LogP contribution is 2.21. The molecule has 89 valence electrons. The third kappa shape index (κ3) is 3.75. The van der Waals surface area contributed by atoms with Crippen LogP contribution in [0, 0.1) is 0 Å². The molecule has 1 aromatic carbocycles. The van der Waals surface area contributed by atoms with Gasteiger partial charge in [-0.3, -0.25) is 0 Å². The molecule has 6 heteroatoms. The first-order chi connectivity index (χ1) is 7.45. The summed E-state index contributed by atoms with van der Waals surface area (Å²) in [5, 5.41) is 15.7. The van der Waals surface area contributed by atoms with Crippen LogP contribution in [0.15, 0.2) is 23.1 Å². The number of unbranched alkanes of at least 4 members (excludes halogenated alkanes) is 1. The van der Waals surface area contributed by atoms with Crippen molar-refractivity contribution in [3.63, 3.8) is 0 Å². The standard InChI is InChI=1S/C10H13ClNO3S/c11-9-5-4-8(3-1-2-6-13)10(7-9)16(12,14)15/h4-5,7H,1-3,6H2,(H2,12,14,15). The van der Waals surface area contributed by atoms with E-state index < -0.39 is 10.0 Å². The molecular formula is C10H13ClNO3S. The summed E-state index contributed by atoms with van der Waals surface area (Å²) in [7, 11) is -3.76. The second kappa shape index (κ2) is 5.63. The Bertz CT molecular complexity index is 459. The summed E-state index contributed by atoms with van der Waals surface area (Å²) in [4.78, 5) is 0.0471. The lowest BCUT2D eigenvalue weighted by Crippen LogP contribution is -2.14. The summed E-state index contributed by atoms with van der Waals surface area (Å²) >= 11 is 5.71. The van der Waals surface area contributed by atoms with Crippen LogP contribution in [-0.2, 0) is 21.6 Å². The highest BCUT2D eigenvalue weighted by molar-refractivity contribution is 7.89. The van der Waals surface area contributed by atoms with Crippen LogP contribution < -0.4 is 5.14 Å². The van der Waals surface area contributed by atoms with Crippen LogP contribution in [0.25, 0.3) is 0 Å². The highest BCUT2D eigenvalue weighted by Gasteiger charge is 2.13. The molecule has 0 fully saturated rings. The van der Waals surface area contributed by atoms with E-state index >= 15 is 0 Å². The summed E-state index contributed by atoms with van der Waals surface area (Å²) < 4.78 is 22.6. The normalized spacial score (nSPS) is 11.7. The van der Waals surface area contributed by atoms with Gasteiger partial charge in [0.2, 0.25) is 10.0 Å². The van der Waals surface area contributed by atoms with Crippen molar-refractivity contribution >= 4 is 21.6 Å². The van der Waals surface area contributed by atoms with E-state index in [1.54, 1.807) is 12.1 Å². The van der Waals surface area contributed by atoms with Crippen LogP contribution in [0.3, 0.4) is 0 Å². The Morgan fingerprint density at radius 3 is 2.50 bits per heavy atom. The van der Waals surface area contributed by atoms with Gasteiger partial charge in [-0.1, -0.05) is 17.7 Å². The summed E-state index contributed by atoms with van der Waals surface area (Å²) in [5.74, 6) is 0. The Kier molecular flexibility index (Phi) is 4.73. The fraction of sp³-hybridized carbons (Fsp3) is 0.400. The highest BCUT2D eigenvalue weighted by atomic mass is 35.5. The van der Waals surface area contributed by atoms with Crippen molar-refractivity contribution in [2.75, 3.05) is 6.61 Å². The average Bonchev–Trinajstić information content (AvgIpc) is 2.19. The van der Waals surface area contributed by atoms with E-state index in [1.165, 1.54) is 6.07 Å². The van der Waals surface area contributed by atoms with Gasteiger partial charge in [-0.2, -0.15) is 0 Å². The lowest BCUT2D eigenvalue weighted by Gasteiger charge is -2.07. The maximum atomic E-state index is 11.3. The third-order valence-corrected chi connectivity index (χ3v) is 3.40. The number of primary sulfonamides is 1. The fourth-order valence-electron chi connectivity index (χ4n) is 1.42. The van der Waals surface area contributed by atoms with Crippen LogP contribution in [-0.4, -0.2) is 15.0 Å². The van der Waals surface area contributed by atoms with Gasteiger partial charge in [0.05, 0.1) is 11.5 Å². The number of sulfonamides is 1. The van der Waals surface area contributed by atoms with Crippen molar-refractivity contribution in [3.05, 3.63) is 28.8 Å². The summed E-state index contributed by atoms with van der Waals surface area (Å²) in [6, 6.07) is 4.58. The molecule has 0 aliphatic heterocycles. The number of hydrogen-bond donors (Lipinski definition) is 1. The number of rotatable bonds is 5. The molecule has 0 saturated carbocycles. The molecule has 0 saturated heterocycles. The van der Waals surface area contributed by atoms with Crippen molar-refractivity contribution in [2.45, 2.75) is 24.2 Å². The van der Waals surface area contributed by atoms with E-state index in [9.17, 15) is 13.5 Å². The second-order valence-corrected chi connectivity index (χ2v) is 5.42. The maximum absolute atomic E-state index is 11.3. The van der Waals surface area contributed by atoms with Crippen molar-refractivity contribution < 1.29 is 13.5 Å². The number of nitrogens with two attached hydrogens (primary N) is 1. The van der Waals surface area contributed by atoms with E-state index in [1.807, 2.05) is 0 Å². The molecule has 0 aromatic heterocycles. The van der Waals surface area contributed by atoms with Crippen molar-refractivity contribution in [1.82, 2.24) is 0 Å². The Balaban J connectivity index is 2.99. The first-order valence-electron chi connectivity index (χ1n) is 4.84. The summed E-state index contributed by atoms with van der Waals surface area (Å²) in [6.45, 7) is -0.154. The first kappa shape index (κ1) is 13.4. The molecule has 1 rings (SSSR count). The Labute approximate surface area is 100 Å². The lowest BCUT2D eigenvalue weighted by molar-refractivity contribution is 0.187. The van der Waals surface area contributed by atoms with Gasteiger partial charge in [0.15, 0.2) is 0 Å². The van der Waals surface area contributed by atoms with Crippen molar-refractivity contribution in [2.24, 2.45) is 5.14 Å². The summed E-state index contributed by atoms with van der Waals surface area (Å²) in [5.41, 5.74) is 0.611. The molecule has 4 nitrogen and oxygen atoms in total. The molecule has 2 N–H and O–H groups in total. The van der Waals surface area contributed by atoms with Crippen LogP contribution in [0.5, 0.6) is 0 Å². The van der Waals surface area contributed by atoms with Crippen LogP contribution in [0.2, 0.25) is 5.02 Å². The van der Waals surface area contributed by atoms with Gasteiger partial charge in [-0.15, -0.1) is 0 Å². The van der Waals surface area contributed by atoms with E-state index in [-0.39, 0.29) is 11.5 Å². The van der Waals surface area contributed by atoms with Gasteiger partial charge >= 0.3 is 0 Å². The molecule has 0 aliphatic rings. The minimum Gasteiger partial charge on any atom is -0.237 e. The lowest BCUT2D eigenvalue weighted by atomic mass is 10.1. The molecular weight excluding hydrogens is 250 g/mol. The number of benzene rings is 1. The van der Waals surface area contributed by atoms with Gasteiger partial charge in [0.25, 0.3) is 0 Å². The topological polar surface area (TPSA) is 80.1 Å². The molecule has 1 radical (unpaired) electrons. The Morgan fingerprint density at radius 2 is 1.94 bits per heavy atom. The summed E-state index contributed by atoms with van der Waals surface area (Å²) in [6.07, 6.45) is 1.69. The molecule has 0 atom stereocenters. The zero-order valence-electron chi connectivity index (χ0n) is 8.65. The SMILES string of the molecule is NS(=O)(=O)c1cc(Cl)ccc1CCCC[O]. The average molecular weight is 263 g/mol. The molecule has 1 aromatic rings. The molecule has 0 spiro atoms. The minimum absolute atomic E-state index is 0.0471. The largest absolute Gasteiger partial charge is 0.238 e. The van der Waals surface area contributed by atoms with E-state index in [2.05, 4.69) is 0 Å². The van der Waals surface area contributed by atoms with Crippen molar-refractivity contribution in [1.29, 1.82) is 0 Å². The monoisotopic (exact) mass is 262 g/mol. The molecule has 0 aliphatic carbocycles. The Morgan fingerprint density at radius 1 is 1.25 bits per heavy atom. The second-order valence-electron chi connectivity index (χ2n) is 3.46. The van der Waals surface area contributed by atoms with Gasteiger partial charge in [0, 0.05) is 5.02 Å². The maximum Gasteiger partial charge on any atom is 0.238 e. The molecule has 0 amide bonds. The number of hydrogen-bond acceptors (Lipinski definition) is 2. The predicted octanol–water partition coefficient (Wildman–Crippen LogP) is 1.74. The zero-order valence-corrected chi connectivity index (χ0v) is 10.2. The van der Waals surface area contributed by atoms with Crippen LogP contribution in [0.1, 0.15) is 18.4 Å². The fourth-order valence-corrected chi connectivity index (χ4v) is 2.48. The van der Waals surface area contributed by atoms with Gasteiger partial charge in [-0.25, -0.2) is 18.7 Å². The van der Waals surface area contributed by atoms with Gasteiger partial charge < -0.3 is 0 Å². The Hall–Kier alpha value is -0.620. The molecule has 16 heavy (non-hydrogen) atoms. The molecule has 0 bridgehead atoms. The third-order valence-electron chi connectivity index (χ3n) is 2.18. The number of halogens is 1. The van der Waals surface area contributed by atoms with Crippen LogP contribution >= 0.6 is 11.6 Å².